The lowest BCUT2D eigenvalue weighted by Crippen LogP contribution is -2.29. The van der Waals surface area contributed by atoms with Crippen LogP contribution in [-0.2, 0) is 4.79 Å². The summed E-state index contributed by atoms with van der Waals surface area (Å²) >= 11 is 6.71. The fraction of sp³-hybridized carbons (Fsp3) is 0.333. The van der Waals surface area contributed by atoms with E-state index in [1.165, 1.54) is 35.4 Å². The van der Waals surface area contributed by atoms with Gasteiger partial charge in [0.25, 0.3) is 11.5 Å². The van der Waals surface area contributed by atoms with E-state index in [0.717, 1.165) is 24.8 Å². The van der Waals surface area contributed by atoms with Crippen LogP contribution >= 0.6 is 24.0 Å². The first kappa shape index (κ1) is 25.1. The van der Waals surface area contributed by atoms with Crippen molar-refractivity contribution in [3.8, 4) is 11.6 Å². The predicted octanol–water partition coefficient (Wildman–Crippen LogP) is 6.36. The summed E-state index contributed by atoms with van der Waals surface area (Å²) in [7, 11) is 0. The first-order chi connectivity index (χ1) is 17.0. The number of unbranched alkanes of at least 4 members (excludes halogenated alkanes) is 5. The monoisotopic (exact) mass is 507 g/mol. The number of aryl methyl sites for hydroxylation is 1. The second kappa shape index (κ2) is 11.6. The number of carbonyl (C=O) groups is 1. The molecule has 1 aliphatic heterocycles. The largest absolute Gasteiger partial charge is 0.438 e. The van der Waals surface area contributed by atoms with Gasteiger partial charge in [-0.05, 0) is 49.2 Å². The maximum atomic E-state index is 13.4. The lowest BCUT2D eigenvalue weighted by Gasteiger charge is -2.14. The summed E-state index contributed by atoms with van der Waals surface area (Å²) in [6, 6.07) is 12.8. The van der Waals surface area contributed by atoms with Gasteiger partial charge >= 0.3 is 0 Å². The molecule has 1 saturated heterocycles. The van der Waals surface area contributed by atoms with E-state index in [1.54, 1.807) is 29.3 Å². The van der Waals surface area contributed by atoms with E-state index >= 15 is 0 Å². The van der Waals surface area contributed by atoms with Gasteiger partial charge in [-0.2, -0.15) is 4.98 Å². The number of hydrogen-bond donors (Lipinski definition) is 0. The number of nitrogens with zero attached hydrogens (tertiary/aromatic N) is 3. The highest BCUT2D eigenvalue weighted by Crippen LogP contribution is 2.34. The fourth-order valence-corrected chi connectivity index (χ4v) is 5.24. The van der Waals surface area contributed by atoms with E-state index in [1.807, 2.05) is 37.3 Å². The van der Waals surface area contributed by atoms with Crippen molar-refractivity contribution in [2.75, 3.05) is 6.54 Å². The van der Waals surface area contributed by atoms with E-state index in [4.69, 9.17) is 17.0 Å². The Morgan fingerprint density at radius 2 is 1.86 bits per heavy atom. The molecule has 2 aromatic heterocycles. The van der Waals surface area contributed by atoms with Crippen molar-refractivity contribution in [1.82, 2.24) is 14.3 Å². The summed E-state index contributed by atoms with van der Waals surface area (Å²) < 4.78 is 8.02. The van der Waals surface area contributed by atoms with Gasteiger partial charge in [0.2, 0.25) is 5.88 Å². The number of hydrogen-bond acceptors (Lipinski definition) is 6. The van der Waals surface area contributed by atoms with Crippen LogP contribution in [0, 0.1) is 6.92 Å². The molecule has 0 N–H and O–H groups in total. The zero-order valence-corrected chi connectivity index (χ0v) is 21.7. The Hall–Kier alpha value is -2.97. The molecule has 0 atom stereocenters. The molecule has 35 heavy (non-hydrogen) atoms. The molecule has 1 aromatic carbocycles. The highest BCUT2D eigenvalue weighted by atomic mass is 32.2. The Balaban J connectivity index is 1.62. The van der Waals surface area contributed by atoms with Crippen LogP contribution in [-0.4, -0.2) is 31.1 Å². The molecule has 6 nitrogen and oxygen atoms in total. The minimum absolute atomic E-state index is 0.160. The van der Waals surface area contributed by atoms with Crippen molar-refractivity contribution in [3.63, 3.8) is 0 Å². The van der Waals surface area contributed by atoms with Crippen LogP contribution in [0.25, 0.3) is 11.7 Å². The third kappa shape index (κ3) is 6.00. The van der Waals surface area contributed by atoms with Crippen molar-refractivity contribution in [2.45, 2.75) is 52.4 Å². The molecular weight excluding hydrogens is 478 g/mol. The SMILES string of the molecule is CCCCCCCCN1C(=O)/C(=C\c2c(Oc3cccc(C)c3)nc3ccccn3c2=O)SC1=S. The van der Waals surface area contributed by atoms with Gasteiger partial charge in [-0.25, -0.2) is 0 Å². The van der Waals surface area contributed by atoms with E-state index in [9.17, 15) is 9.59 Å². The van der Waals surface area contributed by atoms with Crippen LogP contribution in [0.1, 0.15) is 56.6 Å². The van der Waals surface area contributed by atoms with Crippen LogP contribution in [0.15, 0.2) is 58.4 Å². The third-order valence-corrected chi connectivity index (χ3v) is 7.20. The van der Waals surface area contributed by atoms with Crippen molar-refractivity contribution < 1.29 is 9.53 Å². The van der Waals surface area contributed by atoms with Gasteiger partial charge in [-0.15, -0.1) is 0 Å². The van der Waals surface area contributed by atoms with Crippen molar-refractivity contribution >= 4 is 45.9 Å². The van der Waals surface area contributed by atoms with E-state index in [0.29, 0.717) is 27.2 Å². The van der Waals surface area contributed by atoms with Gasteiger partial charge in [-0.1, -0.05) is 81.2 Å². The molecule has 0 spiro atoms. The first-order valence-electron chi connectivity index (χ1n) is 12.0. The molecule has 182 valence electrons. The Kier molecular flexibility index (Phi) is 8.36. The number of carbonyl (C=O) groups excluding carboxylic acids is 1. The summed E-state index contributed by atoms with van der Waals surface area (Å²) in [5.74, 6) is 0.558. The van der Waals surface area contributed by atoms with Gasteiger partial charge in [0.05, 0.1) is 4.91 Å². The number of rotatable bonds is 10. The lowest BCUT2D eigenvalue weighted by atomic mass is 10.1. The highest BCUT2D eigenvalue weighted by Gasteiger charge is 2.32. The molecule has 0 unspecified atom stereocenters. The van der Waals surface area contributed by atoms with Crippen LogP contribution in [0.2, 0.25) is 0 Å². The summed E-state index contributed by atoms with van der Waals surface area (Å²) in [5, 5.41) is 0. The molecule has 3 aromatic rings. The quantitative estimate of drug-likeness (QED) is 0.181. The fourth-order valence-electron chi connectivity index (χ4n) is 3.95. The maximum Gasteiger partial charge on any atom is 0.269 e. The van der Waals surface area contributed by atoms with Gasteiger partial charge in [0.1, 0.15) is 21.3 Å². The molecule has 1 aliphatic rings. The van der Waals surface area contributed by atoms with Gasteiger partial charge < -0.3 is 4.74 Å². The smallest absolute Gasteiger partial charge is 0.269 e. The van der Waals surface area contributed by atoms with Crippen molar-refractivity contribution in [1.29, 1.82) is 0 Å². The lowest BCUT2D eigenvalue weighted by molar-refractivity contribution is -0.122. The normalized spacial score (nSPS) is 14.9. The molecule has 0 radical (unpaired) electrons. The Morgan fingerprint density at radius 3 is 2.66 bits per heavy atom. The van der Waals surface area contributed by atoms with Gasteiger partial charge in [-0.3, -0.25) is 18.9 Å². The minimum Gasteiger partial charge on any atom is -0.438 e. The van der Waals surface area contributed by atoms with Crippen molar-refractivity contribution in [3.05, 3.63) is 75.0 Å². The summed E-state index contributed by atoms with van der Waals surface area (Å²) in [5.41, 5.74) is 1.40. The Bertz CT molecular complexity index is 1330. The summed E-state index contributed by atoms with van der Waals surface area (Å²) in [6.45, 7) is 4.75. The van der Waals surface area contributed by atoms with E-state index in [-0.39, 0.29) is 22.9 Å². The van der Waals surface area contributed by atoms with Crippen LogP contribution in [0.5, 0.6) is 11.6 Å². The number of thiocarbonyl (C=S) groups is 1. The van der Waals surface area contributed by atoms with Crippen LogP contribution in [0.4, 0.5) is 0 Å². The molecule has 8 heteroatoms. The van der Waals surface area contributed by atoms with Crippen molar-refractivity contribution in [2.24, 2.45) is 0 Å². The second-order valence-electron chi connectivity index (χ2n) is 8.58. The molecular formula is C27H29N3O3S2. The van der Waals surface area contributed by atoms with E-state index < -0.39 is 0 Å². The number of benzene rings is 1. The molecule has 1 amide bonds. The topological polar surface area (TPSA) is 63.9 Å². The molecule has 0 aliphatic carbocycles. The molecule has 0 saturated carbocycles. The number of amides is 1. The number of aromatic nitrogens is 2. The predicted molar refractivity (Wildman–Crippen MR) is 146 cm³/mol. The zero-order chi connectivity index (χ0) is 24.8. The Morgan fingerprint density at radius 1 is 1.06 bits per heavy atom. The highest BCUT2D eigenvalue weighted by molar-refractivity contribution is 8.26. The number of fused-ring (bicyclic) bond motifs is 1. The number of pyridine rings is 1. The average Bonchev–Trinajstić information content (AvgIpc) is 3.11. The van der Waals surface area contributed by atoms with E-state index in [2.05, 4.69) is 11.9 Å². The molecule has 3 heterocycles. The average molecular weight is 508 g/mol. The van der Waals surface area contributed by atoms with Crippen LogP contribution in [0.3, 0.4) is 0 Å². The first-order valence-corrected chi connectivity index (χ1v) is 13.2. The zero-order valence-electron chi connectivity index (χ0n) is 20.0. The maximum absolute atomic E-state index is 13.4. The second-order valence-corrected chi connectivity index (χ2v) is 10.3. The van der Waals surface area contributed by atoms with Gasteiger partial charge in [0.15, 0.2) is 0 Å². The summed E-state index contributed by atoms with van der Waals surface area (Å²) in [6.07, 6.45) is 10.0. The van der Waals surface area contributed by atoms with Crippen LogP contribution < -0.4 is 10.3 Å². The molecule has 4 rings (SSSR count). The third-order valence-electron chi connectivity index (χ3n) is 5.82. The number of thioether (sulfide) groups is 1. The Labute approximate surface area is 215 Å². The van der Waals surface area contributed by atoms with Gasteiger partial charge in [0, 0.05) is 12.7 Å². The molecule has 1 fully saturated rings. The summed E-state index contributed by atoms with van der Waals surface area (Å²) in [4.78, 5) is 33.2. The minimum atomic E-state index is -0.306. The molecule has 0 bridgehead atoms. The standard InChI is InChI=1S/C27H29N3O3S2/c1-3-4-5-6-7-9-16-30-26(32)22(35-27(30)34)18-21-24(33-20-13-11-12-19(2)17-20)28-23-14-8-10-15-29(23)25(21)31/h8,10-15,17-18H,3-7,9,16H2,1-2H3/b22-18+. The number of ether oxygens (including phenoxy) is 1.